The number of carboxylic acid groups (broad SMARTS) is 1. The summed E-state index contributed by atoms with van der Waals surface area (Å²) in [6.45, 7) is -1.38. The summed E-state index contributed by atoms with van der Waals surface area (Å²) >= 11 is 0. The highest BCUT2D eigenvalue weighted by atomic mass is 19.4. The lowest BCUT2D eigenvalue weighted by atomic mass is 10.1. The molecule has 0 bridgehead atoms. The lowest BCUT2D eigenvalue weighted by Gasteiger charge is -2.11. The van der Waals surface area contributed by atoms with Gasteiger partial charge in [-0.2, -0.15) is 13.2 Å². The van der Waals surface area contributed by atoms with Gasteiger partial charge >= 0.3 is 12.1 Å². The molecule has 0 fully saturated rings. The van der Waals surface area contributed by atoms with E-state index in [1.54, 1.807) is 0 Å². The smallest absolute Gasteiger partial charge is 0.405 e. The first-order chi connectivity index (χ1) is 7.29. The summed E-state index contributed by atoms with van der Waals surface area (Å²) in [5, 5.41) is 10.5. The number of hydrogen-bond acceptors (Lipinski definition) is 2. The number of alkyl halides is 3. The number of halogens is 4. The molecule has 0 aromatic heterocycles. The quantitative estimate of drug-likeness (QED) is 0.794. The van der Waals surface area contributed by atoms with E-state index in [-0.39, 0.29) is 5.69 Å². The zero-order chi connectivity index (χ0) is 12.3. The SMILES string of the molecule is O=C(O)c1cc(F)ccc1NCC(F)(F)F. The Kier molecular flexibility index (Phi) is 3.36. The van der Waals surface area contributed by atoms with Crippen molar-refractivity contribution in [2.75, 3.05) is 11.9 Å². The summed E-state index contributed by atoms with van der Waals surface area (Å²) in [6, 6.07) is 2.48. The third-order valence-electron chi connectivity index (χ3n) is 1.69. The van der Waals surface area contributed by atoms with Crippen LogP contribution in [0.25, 0.3) is 0 Å². The second-order valence-electron chi connectivity index (χ2n) is 2.96. The predicted octanol–water partition coefficient (Wildman–Crippen LogP) is 2.50. The lowest BCUT2D eigenvalue weighted by molar-refractivity contribution is -0.115. The molecule has 1 aromatic carbocycles. The van der Waals surface area contributed by atoms with Crippen molar-refractivity contribution in [1.29, 1.82) is 0 Å². The zero-order valence-corrected chi connectivity index (χ0v) is 7.81. The standard InChI is InChI=1S/C9H7F4NO2/c10-5-1-2-7(6(3-5)8(15)16)14-4-9(11,12)13/h1-3,14H,4H2,(H,15,16). The molecular formula is C9H7F4NO2. The number of carbonyl (C=O) groups is 1. The van der Waals surface area contributed by atoms with Gasteiger partial charge in [-0.25, -0.2) is 9.18 Å². The first-order valence-electron chi connectivity index (χ1n) is 4.13. The highest BCUT2D eigenvalue weighted by Crippen LogP contribution is 2.20. The monoisotopic (exact) mass is 237 g/mol. The Morgan fingerprint density at radius 3 is 2.50 bits per heavy atom. The molecule has 2 N–H and O–H groups in total. The van der Waals surface area contributed by atoms with Gasteiger partial charge in [0.15, 0.2) is 0 Å². The molecule has 0 aliphatic heterocycles. The molecule has 0 atom stereocenters. The third-order valence-corrected chi connectivity index (χ3v) is 1.69. The lowest BCUT2D eigenvalue weighted by Crippen LogP contribution is -2.22. The van der Waals surface area contributed by atoms with Crippen LogP contribution < -0.4 is 5.32 Å². The number of carboxylic acids is 1. The van der Waals surface area contributed by atoms with Crippen molar-refractivity contribution < 1.29 is 27.5 Å². The van der Waals surface area contributed by atoms with Gasteiger partial charge in [-0.05, 0) is 18.2 Å². The molecule has 1 aromatic rings. The van der Waals surface area contributed by atoms with Gasteiger partial charge in [0.2, 0.25) is 0 Å². The van der Waals surface area contributed by atoms with E-state index < -0.39 is 30.1 Å². The maximum absolute atomic E-state index is 12.7. The summed E-state index contributed by atoms with van der Waals surface area (Å²) in [4.78, 5) is 10.6. The fourth-order valence-corrected chi connectivity index (χ4v) is 1.04. The van der Waals surface area contributed by atoms with Gasteiger partial charge in [0.25, 0.3) is 0 Å². The zero-order valence-electron chi connectivity index (χ0n) is 7.81. The van der Waals surface area contributed by atoms with Crippen LogP contribution in [0.1, 0.15) is 10.4 Å². The number of aromatic carboxylic acids is 1. The van der Waals surface area contributed by atoms with Gasteiger partial charge in [-0.3, -0.25) is 0 Å². The van der Waals surface area contributed by atoms with Crippen molar-refractivity contribution in [3.8, 4) is 0 Å². The number of hydrogen-bond donors (Lipinski definition) is 2. The minimum Gasteiger partial charge on any atom is -0.478 e. The molecule has 0 saturated heterocycles. The van der Waals surface area contributed by atoms with E-state index in [1.807, 2.05) is 5.32 Å². The summed E-state index contributed by atoms with van der Waals surface area (Å²) in [5.74, 6) is -2.32. The van der Waals surface area contributed by atoms with E-state index in [1.165, 1.54) is 0 Å². The maximum Gasteiger partial charge on any atom is 0.405 e. The first kappa shape index (κ1) is 12.3. The topological polar surface area (TPSA) is 49.3 Å². The Labute approximate surface area is 87.7 Å². The number of rotatable bonds is 3. The summed E-state index contributed by atoms with van der Waals surface area (Å²) in [6.07, 6.45) is -4.47. The van der Waals surface area contributed by atoms with Gasteiger partial charge in [0, 0.05) is 5.69 Å². The second kappa shape index (κ2) is 4.38. The van der Waals surface area contributed by atoms with Gasteiger partial charge in [0.05, 0.1) is 5.56 Å². The Balaban J connectivity index is 2.91. The number of benzene rings is 1. The minimum atomic E-state index is -4.47. The van der Waals surface area contributed by atoms with Crippen LogP contribution in [0.15, 0.2) is 18.2 Å². The van der Waals surface area contributed by atoms with Gasteiger partial charge in [0.1, 0.15) is 12.4 Å². The van der Waals surface area contributed by atoms with Crippen molar-refractivity contribution >= 4 is 11.7 Å². The fraction of sp³-hybridized carbons (Fsp3) is 0.222. The van der Waals surface area contributed by atoms with Crippen molar-refractivity contribution in [2.45, 2.75) is 6.18 Å². The van der Waals surface area contributed by atoms with Crippen LogP contribution in [0.4, 0.5) is 23.2 Å². The molecule has 7 heteroatoms. The van der Waals surface area contributed by atoms with E-state index in [0.717, 1.165) is 12.1 Å². The van der Waals surface area contributed by atoms with Gasteiger partial charge < -0.3 is 10.4 Å². The third kappa shape index (κ3) is 3.41. The van der Waals surface area contributed by atoms with Crippen LogP contribution in [0.5, 0.6) is 0 Å². The van der Waals surface area contributed by atoms with Crippen molar-refractivity contribution in [3.05, 3.63) is 29.6 Å². The molecule has 0 heterocycles. The number of anilines is 1. The fourth-order valence-electron chi connectivity index (χ4n) is 1.04. The Bertz CT molecular complexity index is 403. The second-order valence-corrected chi connectivity index (χ2v) is 2.96. The molecule has 0 saturated carbocycles. The Hall–Kier alpha value is -1.79. The largest absolute Gasteiger partial charge is 0.478 e. The van der Waals surface area contributed by atoms with Crippen molar-refractivity contribution in [1.82, 2.24) is 0 Å². The highest BCUT2D eigenvalue weighted by molar-refractivity contribution is 5.94. The van der Waals surface area contributed by atoms with Crippen LogP contribution in [-0.4, -0.2) is 23.8 Å². The van der Waals surface area contributed by atoms with Crippen LogP contribution in [0.3, 0.4) is 0 Å². The molecule has 88 valence electrons. The maximum atomic E-state index is 12.7. The minimum absolute atomic E-state index is 0.272. The summed E-state index contributed by atoms with van der Waals surface area (Å²) < 4.78 is 48.3. The average Bonchev–Trinajstić information content (AvgIpc) is 2.14. The van der Waals surface area contributed by atoms with Crippen LogP contribution in [-0.2, 0) is 0 Å². The summed E-state index contributed by atoms with van der Waals surface area (Å²) in [7, 11) is 0. The van der Waals surface area contributed by atoms with E-state index in [4.69, 9.17) is 5.11 Å². The van der Waals surface area contributed by atoms with Crippen LogP contribution in [0, 0.1) is 5.82 Å². The first-order valence-corrected chi connectivity index (χ1v) is 4.13. The van der Waals surface area contributed by atoms with Crippen molar-refractivity contribution in [2.24, 2.45) is 0 Å². The number of nitrogens with one attached hydrogen (secondary N) is 1. The average molecular weight is 237 g/mol. The molecule has 3 nitrogen and oxygen atoms in total. The summed E-state index contributed by atoms with van der Waals surface area (Å²) in [5.41, 5.74) is -0.810. The van der Waals surface area contributed by atoms with Gasteiger partial charge in [-0.1, -0.05) is 0 Å². The molecule has 0 aliphatic carbocycles. The van der Waals surface area contributed by atoms with E-state index in [2.05, 4.69) is 0 Å². The van der Waals surface area contributed by atoms with Gasteiger partial charge in [-0.15, -0.1) is 0 Å². The van der Waals surface area contributed by atoms with E-state index in [9.17, 15) is 22.4 Å². The molecule has 0 unspecified atom stereocenters. The molecular weight excluding hydrogens is 230 g/mol. The van der Waals surface area contributed by atoms with Crippen LogP contribution >= 0.6 is 0 Å². The molecule has 0 aliphatic rings. The molecule has 0 radical (unpaired) electrons. The molecule has 16 heavy (non-hydrogen) atoms. The van der Waals surface area contributed by atoms with Crippen molar-refractivity contribution in [3.63, 3.8) is 0 Å². The van der Waals surface area contributed by atoms with Crippen LogP contribution in [0.2, 0.25) is 0 Å². The van der Waals surface area contributed by atoms with E-state index >= 15 is 0 Å². The molecule has 1 rings (SSSR count). The highest BCUT2D eigenvalue weighted by Gasteiger charge is 2.27. The normalized spacial score (nSPS) is 11.2. The predicted molar refractivity (Wildman–Crippen MR) is 47.9 cm³/mol. The molecule has 0 spiro atoms. The Morgan fingerprint density at radius 1 is 1.38 bits per heavy atom. The Morgan fingerprint density at radius 2 is 2.00 bits per heavy atom. The van der Waals surface area contributed by atoms with E-state index in [0.29, 0.717) is 6.07 Å². The molecule has 0 amide bonds.